The standard InChI is InChI=1S/C30H22Cl2N6O4S4/c31-29(21-7-5-17-43-21,45-23-9-1-3-11-33-23)19-37-15-13-35-27(37)41-25(39)26(40)42-28-36-14-16-38(28)20-30(32,22-8-6-18-44-22)46-24-10-2-4-12-34-24/h1-18H,19-20H2. The van der Waals surface area contributed by atoms with Crippen molar-refractivity contribution in [1.82, 2.24) is 29.1 Å². The van der Waals surface area contributed by atoms with Crippen LogP contribution < -0.4 is 9.47 Å². The molecule has 0 N–H and O–H groups in total. The number of imidazole rings is 2. The first-order chi connectivity index (χ1) is 22.3. The summed E-state index contributed by atoms with van der Waals surface area (Å²) in [5, 5.41) is 5.27. The lowest BCUT2D eigenvalue weighted by atomic mass is 10.3. The minimum atomic E-state index is -1.28. The van der Waals surface area contributed by atoms with E-state index in [0.29, 0.717) is 10.1 Å². The molecule has 6 aromatic rings. The number of alkyl halides is 2. The van der Waals surface area contributed by atoms with E-state index in [1.807, 2.05) is 71.4 Å². The van der Waals surface area contributed by atoms with Gasteiger partial charge in [0.1, 0.15) is 8.41 Å². The fourth-order valence-corrected chi connectivity index (χ4v) is 9.17. The van der Waals surface area contributed by atoms with Crippen molar-refractivity contribution in [2.24, 2.45) is 0 Å². The van der Waals surface area contributed by atoms with Gasteiger partial charge in [0, 0.05) is 46.9 Å². The van der Waals surface area contributed by atoms with Gasteiger partial charge in [0.25, 0.3) is 0 Å². The number of esters is 2. The Bertz CT molecular complexity index is 1750. The quantitative estimate of drug-likeness (QED) is 0.0552. The summed E-state index contributed by atoms with van der Waals surface area (Å²) >= 11 is 20.0. The zero-order valence-corrected chi connectivity index (χ0v) is 28.3. The van der Waals surface area contributed by atoms with Gasteiger partial charge in [-0.1, -0.05) is 71.0 Å². The fourth-order valence-electron chi connectivity index (χ4n) is 4.18. The molecule has 46 heavy (non-hydrogen) atoms. The highest BCUT2D eigenvalue weighted by atomic mass is 35.5. The number of ether oxygens (including phenoxy) is 2. The number of thiophene rings is 2. The van der Waals surface area contributed by atoms with E-state index < -0.39 is 20.4 Å². The van der Waals surface area contributed by atoms with Gasteiger partial charge in [-0.2, -0.15) is 0 Å². The van der Waals surface area contributed by atoms with Crippen LogP contribution in [0.5, 0.6) is 12.0 Å². The largest absolute Gasteiger partial charge is 0.425 e. The van der Waals surface area contributed by atoms with Crippen LogP contribution in [0, 0.1) is 0 Å². The van der Waals surface area contributed by atoms with E-state index in [4.69, 9.17) is 32.7 Å². The molecule has 6 rings (SSSR count). The highest BCUT2D eigenvalue weighted by Gasteiger charge is 2.36. The highest BCUT2D eigenvalue weighted by molar-refractivity contribution is 8.01. The molecule has 0 radical (unpaired) electrons. The lowest BCUT2D eigenvalue weighted by Crippen LogP contribution is -2.29. The molecule has 0 bridgehead atoms. The zero-order chi connectivity index (χ0) is 32.0. The number of carbonyl (C=O) groups excluding carboxylic acids is 2. The maximum absolute atomic E-state index is 12.9. The molecule has 6 aromatic heterocycles. The molecule has 0 saturated carbocycles. The van der Waals surface area contributed by atoms with E-state index in [0.717, 1.165) is 9.75 Å². The summed E-state index contributed by atoms with van der Waals surface area (Å²) < 4.78 is 11.8. The SMILES string of the molecule is O=C(Oc1nccn1CC(Cl)(Sc1ccccn1)c1cccs1)C(=O)Oc1nccn1CC(Cl)(Sc1ccccn1)c1cccs1. The van der Waals surface area contributed by atoms with Crippen molar-refractivity contribution in [2.45, 2.75) is 31.6 Å². The molecular weight excluding hydrogens is 708 g/mol. The lowest BCUT2D eigenvalue weighted by molar-refractivity contribution is -0.157. The van der Waals surface area contributed by atoms with E-state index in [9.17, 15) is 9.59 Å². The number of thioether (sulfide) groups is 2. The van der Waals surface area contributed by atoms with E-state index in [-0.39, 0.29) is 25.1 Å². The summed E-state index contributed by atoms with van der Waals surface area (Å²) in [4.78, 5) is 44.6. The average molecular weight is 730 g/mol. The minimum Gasteiger partial charge on any atom is -0.383 e. The molecule has 0 aliphatic carbocycles. The van der Waals surface area contributed by atoms with E-state index >= 15 is 0 Å². The maximum atomic E-state index is 12.9. The fraction of sp³-hybridized carbons (Fsp3) is 0.133. The van der Waals surface area contributed by atoms with Gasteiger partial charge in [0.05, 0.1) is 23.1 Å². The first-order valence-corrected chi connectivity index (χ1v) is 17.6. The van der Waals surface area contributed by atoms with Crippen molar-refractivity contribution in [3.8, 4) is 12.0 Å². The van der Waals surface area contributed by atoms with Crippen LogP contribution in [0.3, 0.4) is 0 Å². The molecule has 6 heterocycles. The highest BCUT2D eigenvalue weighted by Crippen LogP contribution is 2.49. The van der Waals surface area contributed by atoms with Crippen LogP contribution in [0.1, 0.15) is 9.75 Å². The third-order valence-corrected chi connectivity index (χ3v) is 12.1. The van der Waals surface area contributed by atoms with E-state index in [1.54, 1.807) is 33.9 Å². The molecule has 0 amide bonds. The topological polar surface area (TPSA) is 114 Å². The van der Waals surface area contributed by atoms with Crippen LogP contribution >= 0.6 is 69.4 Å². The second-order valence-corrected chi connectivity index (χ2v) is 15.7. The van der Waals surface area contributed by atoms with Crippen molar-refractivity contribution in [3.63, 3.8) is 0 Å². The number of nitrogens with zero attached hydrogens (tertiary/aromatic N) is 6. The molecule has 234 valence electrons. The number of halogens is 2. The van der Waals surface area contributed by atoms with E-state index in [2.05, 4.69) is 19.9 Å². The van der Waals surface area contributed by atoms with Crippen LogP contribution in [0.15, 0.2) is 119 Å². The molecule has 2 unspecified atom stereocenters. The van der Waals surface area contributed by atoms with Crippen molar-refractivity contribution in [1.29, 1.82) is 0 Å². The monoisotopic (exact) mass is 728 g/mol. The zero-order valence-electron chi connectivity index (χ0n) is 23.5. The Morgan fingerprint density at radius 1 is 0.652 bits per heavy atom. The average Bonchev–Trinajstić information content (AvgIpc) is 3.88. The van der Waals surface area contributed by atoms with Crippen LogP contribution in [0.2, 0.25) is 0 Å². The Hall–Kier alpha value is -3.66. The molecule has 0 fully saturated rings. The molecule has 2 atom stereocenters. The Balaban J connectivity index is 1.15. The van der Waals surface area contributed by atoms with Crippen molar-refractivity contribution in [3.05, 3.63) is 118 Å². The smallest absolute Gasteiger partial charge is 0.383 e. The van der Waals surface area contributed by atoms with Crippen molar-refractivity contribution < 1.29 is 19.1 Å². The number of hydrogen-bond acceptors (Lipinski definition) is 12. The van der Waals surface area contributed by atoms with Gasteiger partial charge >= 0.3 is 24.0 Å². The number of carbonyl (C=O) groups is 2. The second kappa shape index (κ2) is 14.4. The second-order valence-electron chi connectivity index (χ2n) is 9.41. The van der Waals surface area contributed by atoms with Gasteiger partial charge in [0.2, 0.25) is 0 Å². The molecule has 0 aromatic carbocycles. The summed E-state index contributed by atoms with van der Waals surface area (Å²) in [6.07, 6.45) is 9.47. The predicted molar refractivity (Wildman–Crippen MR) is 180 cm³/mol. The van der Waals surface area contributed by atoms with Crippen LogP contribution in [-0.2, 0) is 31.1 Å². The Morgan fingerprint density at radius 2 is 1.11 bits per heavy atom. The summed E-state index contributed by atoms with van der Waals surface area (Å²) in [5.74, 6) is -2.57. The third-order valence-electron chi connectivity index (χ3n) is 6.22. The van der Waals surface area contributed by atoms with Crippen LogP contribution in [0.25, 0.3) is 0 Å². The van der Waals surface area contributed by atoms with E-state index in [1.165, 1.54) is 58.6 Å². The number of aromatic nitrogens is 6. The molecule has 0 spiro atoms. The molecule has 16 heteroatoms. The van der Waals surface area contributed by atoms with Gasteiger partial charge in [-0.05, 0) is 47.2 Å². The molecule has 0 aliphatic heterocycles. The predicted octanol–water partition coefficient (Wildman–Crippen LogP) is 7.27. The number of hydrogen-bond donors (Lipinski definition) is 0. The van der Waals surface area contributed by atoms with Gasteiger partial charge < -0.3 is 9.47 Å². The summed E-state index contributed by atoms with van der Waals surface area (Å²) in [6.45, 7) is 0.291. The first kappa shape index (κ1) is 32.3. The Morgan fingerprint density at radius 3 is 1.48 bits per heavy atom. The number of pyridine rings is 2. The van der Waals surface area contributed by atoms with Gasteiger partial charge in [-0.15, -0.1) is 22.7 Å². The number of rotatable bonds is 12. The lowest BCUT2D eigenvalue weighted by Gasteiger charge is -2.26. The van der Waals surface area contributed by atoms with Crippen LogP contribution in [-0.4, -0.2) is 41.0 Å². The summed E-state index contributed by atoms with van der Waals surface area (Å²) in [6, 6.07) is 18.5. The molecule has 10 nitrogen and oxygen atoms in total. The third kappa shape index (κ3) is 7.65. The van der Waals surface area contributed by atoms with Crippen molar-refractivity contribution >= 4 is 81.3 Å². The van der Waals surface area contributed by atoms with Crippen molar-refractivity contribution in [2.75, 3.05) is 0 Å². The minimum absolute atomic E-state index is 0.127. The first-order valence-electron chi connectivity index (χ1n) is 13.4. The Kier molecular flexibility index (Phi) is 10.1. The van der Waals surface area contributed by atoms with Gasteiger partial charge in [-0.25, -0.2) is 29.5 Å². The summed E-state index contributed by atoms with van der Waals surface area (Å²) in [7, 11) is 0. The maximum Gasteiger partial charge on any atom is 0.425 e. The normalized spacial score (nSPS) is 13.9. The Labute approximate surface area is 289 Å². The van der Waals surface area contributed by atoms with Gasteiger partial charge in [0.15, 0.2) is 0 Å². The molecular formula is C30H22Cl2N6O4S4. The van der Waals surface area contributed by atoms with Gasteiger partial charge in [-0.3, -0.25) is 9.13 Å². The molecule has 0 saturated heterocycles. The molecule has 0 aliphatic rings. The summed E-state index contributed by atoms with van der Waals surface area (Å²) in [5.41, 5.74) is 0. The van der Waals surface area contributed by atoms with Crippen LogP contribution in [0.4, 0.5) is 0 Å².